The number of halogens is 2. The highest BCUT2D eigenvalue weighted by atomic mass is 79.9. The van der Waals surface area contributed by atoms with Gasteiger partial charge >= 0.3 is 11.9 Å². The molecule has 0 rings (SSSR count). The summed E-state index contributed by atoms with van der Waals surface area (Å²) in [7, 11) is -6.83. The second kappa shape index (κ2) is 10.7. The maximum Gasteiger partial charge on any atom is 0.383 e. The van der Waals surface area contributed by atoms with E-state index in [4.69, 9.17) is 9.47 Å². The maximum absolute atomic E-state index is 11.5. The van der Waals surface area contributed by atoms with Crippen molar-refractivity contribution in [2.75, 3.05) is 24.7 Å². The normalized spacial score (nSPS) is 14.7. The third-order valence-electron chi connectivity index (χ3n) is 2.26. The summed E-state index contributed by atoms with van der Waals surface area (Å²) in [5, 5.41) is 0. The van der Waals surface area contributed by atoms with E-state index in [1.165, 1.54) is 13.8 Å². The number of carbonyl (C=O) groups excluding carboxylic acids is 2. The molecule has 10 nitrogen and oxygen atoms in total. The molecular formula is C10H16Br2O10S2. The Kier molecular flexibility index (Phi) is 10.5. The third kappa shape index (κ3) is 13.1. The molecule has 0 spiro atoms. The van der Waals surface area contributed by atoms with E-state index in [0.29, 0.717) is 0 Å². The Bertz CT molecular complexity index is 574. The predicted molar refractivity (Wildman–Crippen MR) is 88.4 cm³/mol. The molecule has 2 unspecified atom stereocenters. The van der Waals surface area contributed by atoms with Crippen LogP contribution in [0.15, 0.2) is 0 Å². The summed E-state index contributed by atoms with van der Waals surface area (Å²) in [5.41, 5.74) is 0. The average molecular weight is 520 g/mol. The van der Waals surface area contributed by atoms with Gasteiger partial charge in [0.1, 0.15) is 0 Å². The monoisotopic (exact) mass is 518 g/mol. The van der Waals surface area contributed by atoms with E-state index in [0.717, 1.165) is 0 Å². The molecule has 2 atom stereocenters. The SMILES string of the molecule is CC(OCCS(=O)(=O)Br)C(=O)OOC(=O)C(C)OCCS(=O)(=O)Br. The molecule has 0 aromatic carbocycles. The molecule has 0 aliphatic carbocycles. The van der Waals surface area contributed by atoms with Gasteiger partial charge in [0.2, 0.25) is 16.5 Å². The van der Waals surface area contributed by atoms with Crippen molar-refractivity contribution in [3.63, 3.8) is 0 Å². The Balaban J connectivity index is 4.08. The van der Waals surface area contributed by atoms with Gasteiger partial charge in [-0.2, -0.15) is 0 Å². The Morgan fingerprint density at radius 1 is 0.792 bits per heavy atom. The molecule has 0 fully saturated rings. The molecule has 0 radical (unpaired) electrons. The van der Waals surface area contributed by atoms with E-state index in [-0.39, 0.29) is 24.7 Å². The zero-order valence-corrected chi connectivity index (χ0v) is 17.4. The lowest BCUT2D eigenvalue weighted by molar-refractivity contribution is -0.270. The van der Waals surface area contributed by atoms with E-state index >= 15 is 0 Å². The maximum atomic E-state index is 11.5. The van der Waals surface area contributed by atoms with Gasteiger partial charge in [0.15, 0.2) is 12.2 Å². The first-order valence-electron chi connectivity index (χ1n) is 6.32. The average Bonchev–Trinajstić information content (AvgIpc) is 2.41. The van der Waals surface area contributed by atoms with Crippen LogP contribution in [-0.2, 0) is 45.4 Å². The van der Waals surface area contributed by atoms with Gasteiger partial charge in [-0.05, 0) is 13.8 Å². The van der Waals surface area contributed by atoms with Gasteiger partial charge in [-0.15, -0.1) is 0 Å². The van der Waals surface area contributed by atoms with E-state index in [1.54, 1.807) is 0 Å². The van der Waals surface area contributed by atoms with Crippen LogP contribution in [0.1, 0.15) is 13.8 Å². The van der Waals surface area contributed by atoms with Gasteiger partial charge in [-0.1, -0.05) is 0 Å². The summed E-state index contributed by atoms with van der Waals surface area (Å²) >= 11 is 4.83. The molecule has 0 heterocycles. The standard InChI is InChI=1S/C10H16Br2O10S2/c1-7(19-3-5-23(11,15)16)9(13)21-22-10(14)8(2)20-4-6-24(12,17)18/h7-8H,3-6H2,1-2H3. The van der Waals surface area contributed by atoms with Crippen LogP contribution in [0, 0.1) is 0 Å². The topological polar surface area (TPSA) is 139 Å². The van der Waals surface area contributed by atoms with Crippen LogP contribution in [0.4, 0.5) is 0 Å². The number of carbonyl (C=O) groups is 2. The second-order valence-electron chi connectivity index (χ2n) is 4.32. The Morgan fingerprint density at radius 2 is 1.08 bits per heavy atom. The quantitative estimate of drug-likeness (QED) is 0.224. The molecule has 0 aromatic rings. The summed E-state index contributed by atoms with van der Waals surface area (Å²) in [6.07, 6.45) is -2.33. The van der Waals surface area contributed by atoms with E-state index in [9.17, 15) is 26.4 Å². The largest absolute Gasteiger partial charge is 0.383 e. The molecule has 0 aliphatic heterocycles. The van der Waals surface area contributed by atoms with E-state index < -0.39 is 40.7 Å². The van der Waals surface area contributed by atoms with Gasteiger partial charge in [0.05, 0.1) is 54.3 Å². The van der Waals surface area contributed by atoms with Crippen LogP contribution in [0.25, 0.3) is 0 Å². The Labute approximate surface area is 154 Å². The number of hydrogen-bond donors (Lipinski definition) is 0. The van der Waals surface area contributed by atoms with E-state index in [1.807, 2.05) is 0 Å². The van der Waals surface area contributed by atoms with Crippen molar-refractivity contribution in [2.24, 2.45) is 0 Å². The van der Waals surface area contributed by atoms with Crippen molar-refractivity contribution in [3.8, 4) is 0 Å². The lowest BCUT2D eigenvalue weighted by atomic mass is 10.4. The zero-order chi connectivity index (χ0) is 19.0. The van der Waals surface area contributed by atoms with Crippen molar-refractivity contribution < 1.29 is 45.7 Å². The summed E-state index contributed by atoms with van der Waals surface area (Å²) in [4.78, 5) is 31.4. The van der Waals surface area contributed by atoms with Crippen LogP contribution >= 0.6 is 29.6 Å². The van der Waals surface area contributed by atoms with Crippen molar-refractivity contribution in [2.45, 2.75) is 26.1 Å². The fourth-order valence-corrected chi connectivity index (χ4v) is 2.39. The zero-order valence-electron chi connectivity index (χ0n) is 12.6. The lowest BCUT2D eigenvalue weighted by Crippen LogP contribution is -2.30. The summed E-state index contributed by atoms with van der Waals surface area (Å²) in [6.45, 7) is 2.02. The van der Waals surface area contributed by atoms with Crippen molar-refractivity contribution in [1.82, 2.24) is 0 Å². The highest BCUT2D eigenvalue weighted by Crippen LogP contribution is 2.04. The summed E-state index contributed by atoms with van der Waals surface area (Å²) in [6, 6.07) is 0. The minimum absolute atomic E-state index is 0.266. The minimum atomic E-state index is -3.41. The van der Waals surface area contributed by atoms with Crippen molar-refractivity contribution in [1.29, 1.82) is 0 Å². The van der Waals surface area contributed by atoms with Crippen molar-refractivity contribution in [3.05, 3.63) is 0 Å². The molecule has 0 aromatic heterocycles. The highest BCUT2D eigenvalue weighted by molar-refractivity contribution is 9.47. The highest BCUT2D eigenvalue weighted by Gasteiger charge is 2.23. The third-order valence-corrected chi connectivity index (χ3v) is 5.51. The van der Waals surface area contributed by atoms with Gasteiger partial charge in [-0.3, -0.25) is 0 Å². The van der Waals surface area contributed by atoms with Crippen LogP contribution in [-0.4, -0.2) is 65.7 Å². The molecule has 142 valence electrons. The van der Waals surface area contributed by atoms with Crippen LogP contribution in [0.3, 0.4) is 0 Å². The molecular weight excluding hydrogens is 504 g/mol. The fourth-order valence-electron chi connectivity index (χ4n) is 1.00. The first kappa shape index (κ1) is 23.7. The molecule has 0 amide bonds. The van der Waals surface area contributed by atoms with Crippen molar-refractivity contribution >= 4 is 58.1 Å². The summed E-state index contributed by atoms with van der Waals surface area (Å²) in [5.74, 6) is -2.81. The molecule has 0 saturated carbocycles. The molecule has 0 aliphatic rings. The first-order chi connectivity index (χ1) is 10.8. The molecule has 0 saturated heterocycles. The fraction of sp³-hybridized carbons (Fsp3) is 0.800. The first-order valence-corrected chi connectivity index (χ1v) is 13.3. The molecule has 0 N–H and O–H groups in total. The Morgan fingerprint density at radius 3 is 1.33 bits per heavy atom. The molecule has 0 bridgehead atoms. The van der Waals surface area contributed by atoms with Crippen LogP contribution in [0.2, 0.25) is 0 Å². The Hall–Kier alpha value is -0.280. The van der Waals surface area contributed by atoms with Crippen LogP contribution in [0.5, 0.6) is 0 Å². The number of rotatable bonds is 10. The number of ether oxygens (including phenoxy) is 2. The predicted octanol–water partition coefficient (Wildman–Crippen LogP) is 0.247. The molecule has 24 heavy (non-hydrogen) atoms. The van der Waals surface area contributed by atoms with Crippen LogP contribution < -0.4 is 0 Å². The second-order valence-corrected chi connectivity index (χ2v) is 13.2. The van der Waals surface area contributed by atoms with Gasteiger partial charge in [0, 0.05) is 0 Å². The number of hydrogen-bond acceptors (Lipinski definition) is 10. The minimum Gasteiger partial charge on any atom is -0.366 e. The smallest absolute Gasteiger partial charge is 0.366 e. The lowest BCUT2D eigenvalue weighted by Gasteiger charge is -2.13. The van der Waals surface area contributed by atoms with E-state index in [2.05, 4.69) is 39.4 Å². The summed E-state index contributed by atoms with van der Waals surface area (Å²) < 4.78 is 53.1. The van der Waals surface area contributed by atoms with Gasteiger partial charge in [0.25, 0.3) is 0 Å². The molecule has 14 heteroatoms. The van der Waals surface area contributed by atoms with Gasteiger partial charge in [-0.25, -0.2) is 36.2 Å². The van der Waals surface area contributed by atoms with Gasteiger partial charge < -0.3 is 9.47 Å².